The lowest BCUT2D eigenvalue weighted by molar-refractivity contribution is 1.28. The van der Waals surface area contributed by atoms with Crippen molar-refractivity contribution in [3.63, 3.8) is 0 Å². The highest BCUT2D eigenvalue weighted by molar-refractivity contribution is 6.23. The number of rotatable bonds is 8. The standard InChI is InChI=1S/2C34H22N4/c1-2-10-28-27(9-1)33(23-13-17-37-31(19-23)25-7-5-15-35-21-25)29-11-3-4-12-30(29)34(28)24-14-18-38-32(20-24)26-8-6-16-36-22-26;1-2-6-28-27(5-1)33(25-13-19-37-31(21-25)23-9-15-35-16-10-23)29-7-3-4-8-30(29)34(28)26-14-20-38-32(22-26)24-11-17-36-18-12-24/h2*1-22H. The molecule has 0 unspecified atom stereocenters. The van der Waals surface area contributed by atoms with Crippen molar-refractivity contribution >= 4 is 43.1 Å². The van der Waals surface area contributed by atoms with Gasteiger partial charge in [0.1, 0.15) is 0 Å². The smallest absolute Gasteiger partial charge is 0.0723 e. The summed E-state index contributed by atoms with van der Waals surface area (Å²) in [5.41, 5.74) is 17.1. The van der Waals surface area contributed by atoms with Crippen molar-refractivity contribution in [1.82, 2.24) is 39.9 Å². The van der Waals surface area contributed by atoms with Crippen LogP contribution in [0.4, 0.5) is 0 Å². The zero-order chi connectivity index (χ0) is 50.6. The van der Waals surface area contributed by atoms with Crippen LogP contribution in [-0.4, -0.2) is 39.9 Å². The summed E-state index contributed by atoms with van der Waals surface area (Å²) in [7, 11) is 0. The molecule has 0 spiro atoms. The van der Waals surface area contributed by atoms with E-state index in [9.17, 15) is 0 Å². The SMILES string of the molecule is c1ccc2c(-c3ccnc(-c4ccncc4)c3)c3ccccc3c(-c3ccnc(-c4ccncc4)c3)c2c1.c1cncc(-c2cc(-c3c4ccccc4c(-c4ccnc(-c5cccnc5)c4)c4ccccc34)ccn2)c1. The van der Waals surface area contributed by atoms with E-state index in [1.807, 2.05) is 85.7 Å². The molecule has 0 aliphatic heterocycles. The third-order valence-corrected chi connectivity index (χ3v) is 13.9. The van der Waals surface area contributed by atoms with Crippen molar-refractivity contribution in [2.24, 2.45) is 0 Å². The molecule has 0 atom stereocenters. The molecular weight excluding hydrogens is 929 g/mol. The maximum absolute atomic E-state index is 4.66. The second kappa shape index (κ2) is 20.2. The van der Waals surface area contributed by atoms with Crippen LogP contribution in [0.2, 0.25) is 0 Å². The molecule has 8 aromatic heterocycles. The largest absolute Gasteiger partial charge is 0.265 e. The predicted octanol–water partition coefficient (Wildman–Crippen LogP) is 16.5. The topological polar surface area (TPSA) is 103 Å². The van der Waals surface area contributed by atoms with Crippen LogP contribution in [0.15, 0.2) is 268 Å². The highest BCUT2D eigenvalue weighted by atomic mass is 14.7. The van der Waals surface area contributed by atoms with Crippen molar-refractivity contribution in [1.29, 1.82) is 0 Å². The third-order valence-electron chi connectivity index (χ3n) is 13.9. The van der Waals surface area contributed by atoms with Crippen LogP contribution in [0, 0.1) is 0 Å². The second-order valence-corrected chi connectivity index (χ2v) is 18.4. The molecule has 0 N–H and O–H groups in total. The molecular formula is C68H44N8. The van der Waals surface area contributed by atoms with Gasteiger partial charge in [-0.25, -0.2) is 0 Å². The first-order valence-corrected chi connectivity index (χ1v) is 25.1. The second-order valence-electron chi connectivity index (χ2n) is 18.4. The van der Waals surface area contributed by atoms with E-state index in [0.29, 0.717) is 0 Å². The molecule has 14 aromatic rings. The molecule has 0 amide bonds. The van der Waals surface area contributed by atoms with E-state index in [1.54, 1.807) is 37.2 Å². The van der Waals surface area contributed by atoms with E-state index in [-0.39, 0.29) is 0 Å². The van der Waals surface area contributed by atoms with Gasteiger partial charge in [0.15, 0.2) is 0 Å². The molecule has 76 heavy (non-hydrogen) atoms. The van der Waals surface area contributed by atoms with Gasteiger partial charge < -0.3 is 0 Å². The Bertz CT molecular complexity index is 3720. The number of fused-ring (bicyclic) bond motifs is 4. The summed E-state index contributed by atoms with van der Waals surface area (Å²) in [5.74, 6) is 0. The van der Waals surface area contributed by atoms with Gasteiger partial charge in [0.25, 0.3) is 0 Å². The molecule has 0 radical (unpaired) electrons. The van der Waals surface area contributed by atoms with Crippen LogP contribution in [0.5, 0.6) is 0 Å². The van der Waals surface area contributed by atoms with E-state index >= 15 is 0 Å². The molecule has 8 heterocycles. The van der Waals surface area contributed by atoms with E-state index in [2.05, 4.69) is 185 Å². The fraction of sp³-hybridized carbons (Fsp3) is 0. The number of hydrogen-bond acceptors (Lipinski definition) is 8. The number of nitrogens with zero attached hydrogens (tertiary/aromatic N) is 8. The number of aromatic nitrogens is 8. The molecule has 0 saturated heterocycles. The molecule has 0 bridgehead atoms. The van der Waals surface area contributed by atoms with Crippen LogP contribution >= 0.6 is 0 Å². The van der Waals surface area contributed by atoms with Crippen molar-refractivity contribution in [2.75, 3.05) is 0 Å². The Labute approximate surface area is 438 Å². The molecule has 0 fully saturated rings. The Hall–Kier alpha value is -10.4. The monoisotopic (exact) mass is 972 g/mol. The Morgan fingerprint density at radius 1 is 0.184 bits per heavy atom. The first-order chi connectivity index (χ1) is 37.7. The molecule has 0 aliphatic carbocycles. The first-order valence-electron chi connectivity index (χ1n) is 25.1. The normalized spacial score (nSPS) is 11.2. The predicted molar refractivity (Wildman–Crippen MR) is 309 cm³/mol. The maximum Gasteiger partial charge on any atom is 0.0723 e. The van der Waals surface area contributed by atoms with Crippen LogP contribution in [0.3, 0.4) is 0 Å². The minimum Gasteiger partial charge on any atom is -0.265 e. The highest BCUT2D eigenvalue weighted by Crippen LogP contribution is 2.46. The summed E-state index contributed by atoms with van der Waals surface area (Å²) in [6.07, 6.45) is 22.1. The van der Waals surface area contributed by atoms with Gasteiger partial charge >= 0.3 is 0 Å². The molecule has 356 valence electrons. The van der Waals surface area contributed by atoms with Crippen molar-refractivity contribution in [3.8, 4) is 89.5 Å². The van der Waals surface area contributed by atoms with Crippen LogP contribution in [0.1, 0.15) is 0 Å². The minimum absolute atomic E-state index is 0.906. The first kappa shape index (κ1) is 45.4. The number of benzene rings is 6. The Kier molecular flexibility index (Phi) is 12.1. The zero-order valence-corrected chi connectivity index (χ0v) is 41.0. The summed E-state index contributed by atoms with van der Waals surface area (Å²) < 4.78 is 0. The van der Waals surface area contributed by atoms with Crippen molar-refractivity contribution < 1.29 is 0 Å². The van der Waals surface area contributed by atoms with Gasteiger partial charge in [-0.15, -0.1) is 0 Å². The van der Waals surface area contributed by atoms with Gasteiger partial charge in [0.2, 0.25) is 0 Å². The molecule has 14 rings (SSSR count). The van der Waals surface area contributed by atoms with Gasteiger partial charge in [0, 0.05) is 96.6 Å². The molecule has 8 nitrogen and oxygen atoms in total. The quantitative estimate of drug-likeness (QED) is 0.139. The lowest BCUT2D eigenvalue weighted by Gasteiger charge is -2.18. The summed E-state index contributed by atoms with van der Waals surface area (Å²) in [6, 6.07) is 67.7. The van der Waals surface area contributed by atoms with Gasteiger partial charge in [-0.05, 0) is 185 Å². The Morgan fingerprint density at radius 3 is 0.684 bits per heavy atom. The van der Waals surface area contributed by atoms with Crippen molar-refractivity contribution in [2.45, 2.75) is 0 Å². The fourth-order valence-electron chi connectivity index (χ4n) is 10.6. The Balaban J connectivity index is 0.000000146. The van der Waals surface area contributed by atoms with Crippen LogP contribution in [-0.2, 0) is 0 Å². The summed E-state index contributed by atoms with van der Waals surface area (Å²) >= 11 is 0. The summed E-state index contributed by atoms with van der Waals surface area (Å²) in [6.45, 7) is 0. The summed E-state index contributed by atoms with van der Waals surface area (Å²) in [4.78, 5) is 35.5. The lowest BCUT2D eigenvalue weighted by atomic mass is 9.86. The Morgan fingerprint density at radius 2 is 0.434 bits per heavy atom. The molecule has 6 aromatic carbocycles. The molecule has 0 aliphatic rings. The van der Waals surface area contributed by atoms with Crippen LogP contribution < -0.4 is 0 Å². The third kappa shape index (κ3) is 8.65. The van der Waals surface area contributed by atoms with E-state index in [0.717, 1.165) is 67.3 Å². The van der Waals surface area contributed by atoms with Crippen LogP contribution in [0.25, 0.3) is 133 Å². The molecule has 0 saturated carbocycles. The van der Waals surface area contributed by atoms with Gasteiger partial charge in [-0.1, -0.05) is 97.1 Å². The minimum atomic E-state index is 0.906. The average molecular weight is 973 g/mol. The number of hydrogen-bond donors (Lipinski definition) is 0. The highest BCUT2D eigenvalue weighted by Gasteiger charge is 2.20. The summed E-state index contributed by atoms with van der Waals surface area (Å²) in [5, 5.41) is 9.61. The number of pyridine rings is 8. The van der Waals surface area contributed by atoms with Gasteiger partial charge in [0.05, 0.1) is 22.8 Å². The van der Waals surface area contributed by atoms with E-state index in [1.165, 1.54) is 65.3 Å². The zero-order valence-electron chi connectivity index (χ0n) is 41.0. The molecule has 8 heteroatoms. The van der Waals surface area contributed by atoms with Gasteiger partial charge in [-0.3, -0.25) is 39.9 Å². The average Bonchev–Trinajstić information content (AvgIpc) is 3.63. The van der Waals surface area contributed by atoms with E-state index < -0.39 is 0 Å². The van der Waals surface area contributed by atoms with Crippen molar-refractivity contribution in [3.05, 3.63) is 268 Å². The maximum atomic E-state index is 4.66. The lowest BCUT2D eigenvalue weighted by Crippen LogP contribution is -1.93. The fourth-order valence-corrected chi connectivity index (χ4v) is 10.6. The van der Waals surface area contributed by atoms with E-state index in [4.69, 9.17) is 0 Å². The van der Waals surface area contributed by atoms with Gasteiger partial charge in [-0.2, -0.15) is 0 Å².